The number of nitrogens with two attached hydrogens (primary N) is 1. The molecular formula is C23H21FN6O. The van der Waals surface area contributed by atoms with Crippen molar-refractivity contribution in [2.75, 3.05) is 5.73 Å². The van der Waals surface area contributed by atoms with Gasteiger partial charge in [0.25, 0.3) is 0 Å². The highest BCUT2D eigenvalue weighted by atomic mass is 19.1. The van der Waals surface area contributed by atoms with Crippen LogP contribution in [-0.4, -0.2) is 24.7 Å². The maximum atomic E-state index is 14.2. The Labute approximate surface area is 178 Å². The topological polar surface area (TPSA) is 91.7 Å². The highest BCUT2D eigenvalue weighted by molar-refractivity contribution is 5.89. The number of nitrogen functional groups attached to an aromatic ring is 1. The molecule has 7 nitrogen and oxygen atoms in total. The van der Waals surface area contributed by atoms with E-state index in [-0.39, 0.29) is 12.4 Å². The molecule has 156 valence electrons. The number of rotatable bonds is 6. The molecule has 0 saturated heterocycles. The Kier molecular flexibility index (Phi) is 4.62. The van der Waals surface area contributed by atoms with Crippen molar-refractivity contribution in [1.82, 2.24) is 24.7 Å². The van der Waals surface area contributed by atoms with Crippen LogP contribution < -0.4 is 5.73 Å². The van der Waals surface area contributed by atoms with E-state index in [9.17, 15) is 4.39 Å². The first-order valence-corrected chi connectivity index (χ1v) is 10.1. The van der Waals surface area contributed by atoms with E-state index >= 15 is 0 Å². The summed E-state index contributed by atoms with van der Waals surface area (Å²) in [5, 5.41) is 5.43. The molecule has 8 heteroatoms. The number of pyridine rings is 1. The Morgan fingerprint density at radius 2 is 2.03 bits per heavy atom. The van der Waals surface area contributed by atoms with Crippen molar-refractivity contribution in [3.8, 4) is 11.5 Å². The van der Waals surface area contributed by atoms with Crippen molar-refractivity contribution in [2.24, 2.45) is 0 Å². The minimum Gasteiger partial charge on any atom is -0.490 e. The maximum absolute atomic E-state index is 14.2. The molecule has 1 aromatic carbocycles. The van der Waals surface area contributed by atoms with Gasteiger partial charge >= 0.3 is 0 Å². The quantitative estimate of drug-likeness (QED) is 0.474. The van der Waals surface area contributed by atoms with E-state index in [0.717, 1.165) is 23.8 Å². The average molecular weight is 416 g/mol. The first-order chi connectivity index (χ1) is 15.1. The van der Waals surface area contributed by atoms with Crippen LogP contribution in [0.3, 0.4) is 0 Å². The van der Waals surface area contributed by atoms with E-state index in [1.807, 2.05) is 25.1 Å². The smallest absolute Gasteiger partial charge is 0.182 e. The SMILES string of the molecule is C/C=C\OC1(c2cnc(-c3nn(Cc4ccccc4F)c4ncccc34)nc2N)CC1. The molecule has 2 N–H and O–H groups in total. The van der Waals surface area contributed by atoms with Crippen LogP contribution in [0.1, 0.15) is 30.9 Å². The van der Waals surface area contributed by atoms with Crippen LogP contribution in [0, 0.1) is 5.82 Å². The normalized spacial score (nSPS) is 14.9. The molecule has 1 aliphatic rings. The summed E-state index contributed by atoms with van der Waals surface area (Å²) in [6.07, 6.45) is 8.64. The lowest BCUT2D eigenvalue weighted by molar-refractivity contribution is 0.120. The molecule has 0 atom stereocenters. The minimum atomic E-state index is -0.442. The predicted molar refractivity (Wildman–Crippen MR) is 115 cm³/mol. The third-order valence-electron chi connectivity index (χ3n) is 5.44. The summed E-state index contributed by atoms with van der Waals surface area (Å²) < 4.78 is 21.7. The fraction of sp³-hybridized carbons (Fsp3) is 0.217. The number of allylic oxidation sites excluding steroid dienone is 1. The summed E-state index contributed by atoms with van der Waals surface area (Å²) in [5.74, 6) is 0.477. The van der Waals surface area contributed by atoms with Crippen LogP contribution in [0.25, 0.3) is 22.6 Å². The number of aromatic nitrogens is 5. The first-order valence-electron chi connectivity index (χ1n) is 10.1. The Balaban J connectivity index is 1.55. The molecule has 5 rings (SSSR count). The van der Waals surface area contributed by atoms with Crippen molar-refractivity contribution >= 4 is 16.9 Å². The Morgan fingerprint density at radius 1 is 1.19 bits per heavy atom. The minimum absolute atomic E-state index is 0.244. The molecule has 0 radical (unpaired) electrons. The lowest BCUT2D eigenvalue weighted by atomic mass is 10.1. The summed E-state index contributed by atoms with van der Waals surface area (Å²) in [4.78, 5) is 13.5. The van der Waals surface area contributed by atoms with E-state index in [1.54, 1.807) is 41.5 Å². The van der Waals surface area contributed by atoms with E-state index in [2.05, 4.69) is 20.1 Å². The molecule has 0 aliphatic heterocycles. The highest BCUT2D eigenvalue weighted by Crippen LogP contribution is 2.51. The molecule has 31 heavy (non-hydrogen) atoms. The van der Waals surface area contributed by atoms with Crippen LogP contribution in [0.15, 0.2) is 61.1 Å². The molecule has 1 aliphatic carbocycles. The zero-order valence-corrected chi connectivity index (χ0v) is 17.0. The van der Waals surface area contributed by atoms with Gasteiger partial charge in [0.1, 0.15) is 22.9 Å². The second-order valence-electron chi connectivity index (χ2n) is 7.55. The number of hydrogen-bond acceptors (Lipinski definition) is 6. The molecule has 1 saturated carbocycles. The van der Waals surface area contributed by atoms with Gasteiger partial charge < -0.3 is 10.5 Å². The summed E-state index contributed by atoms with van der Waals surface area (Å²) in [6.45, 7) is 2.14. The van der Waals surface area contributed by atoms with Gasteiger partial charge in [0.15, 0.2) is 11.5 Å². The molecule has 0 unspecified atom stereocenters. The van der Waals surface area contributed by atoms with E-state index in [0.29, 0.717) is 28.5 Å². The van der Waals surface area contributed by atoms with Crippen molar-refractivity contribution in [2.45, 2.75) is 31.9 Å². The van der Waals surface area contributed by atoms with Crippen molar-refractivity contribution in [1.29, 1.82) is 0 Å². The van der Waals surface area contributed by atoms with Crippen LogP contribution >= 0.6 is 0 Å². The summed E-state index contributed by atoms with van der Waals surface area (Å²) >= 11 is 0. The van der Waals surface area contributed by atoms with E-state index < -0.39 is 5.60 Å². The van der Waals surface area contributed by atoms with Crippen LogP contribution in [-0.2, 0) is 16.9 Å². The van der Waals surface area contributed by atoms with Gasteiger partial charge in [-0.25, -0.2) is 24.0 Å². The molecule has 4 aromatic rings. The third-order valence-corrected chi connectivity index (χ3v) is 5.44. The van der Waals surface area contributed by atoms with Gasteiger partial charge in [0, 0.05) is 18.0 Å². The Hall–Kier alpha value is -3.81. The largest absolute Gasteiger partial charge is 0.490 e. The van der Waals surface area contributed by atoms with Crippen LogP contribution in [0.2, 0.25) is 0 Å². The first kappa shape index (κ1) is 19.2. The maximum Gasteiger partial charge on any atom is 0.182 e. The molecule has 3 heterocycles. The fourth-order valence-electron chi connectivity index (χ4n) is 3.70. The Bertz CT molecular complexity index is 1290. The number of ether oxygens (including phenoxy) is 1. The van der Waals surface area contributed by atoms with Crippen LogP contribution in [0.4, 0.5) is 10.2 Å². The molecule has 0 amide bonds. The van der Waals surface area contributed by atoms with Gasteiger partial charge in [0.05, 0.1) is 23.8 Å². The zero-order valence-electron chi connectivity index (χ0n) is 17.0. The van der Waals surface area contributed by atoms with Crippen molar-refractivity contribution in [3.05, 3.63) is 78.1 Å². The summed E-state index contributed by atoms with van der Waals surface area (Å²) in [6, 6.07) is 10.3. The standard InChI is InChI=1S/C23H21FN6O/c1-2-12-31-23(9-10-23)17-13-27-21(28-20(17)25)19-16-7-5-11-26-22(16)30(29-19)14-15-6-3-4-8-18(15)24/h2-8,11-13H,9-10,14H2,1H3,(H2,25,27,28)/b12-2-. The molecule has 0 spiro atoms. The van der Waals surface area contributed by atoms with Gasteiger partial charge in [-0.1, -0.05) is 24.3 Å². The van der Waals surface area contributed by atoms with Gasteiger partial charge in [-0.3, -0.25) is 0 Å². The summed E-state index contributed by atoms with van der Waals surface area (Å²) in [5.41, 5.74) is 8.34. The van der Waals surface area contributed by atoms with E-state index in [4.69, 9.17) is 10.5 Å². The van der Waals surface area contributed by atoms with Gasteiger partial charge in [-0.2, -0.15) is 5.10 Å². The van der Waals surface area contributed by atoms with Gasteiger partial charge in [0.2, 0.25) is 0 Å². The van der Waals surface area contributed by atoms with E-state index in [1.165, 1.54) is 6.07 Å². The molecular weight excluding hydrogens is 395 g/mol. The predicted octanol–water partition coefficient (Wildman–Crippen LogP) is 4.20. The average Bonchev–Trinajstić information content (AvgIpc) is 3.48. The van der Waals surface area contributed by atoms with Crippen molar-refractivity contribution in [3.63, 3.8) is 0 Å². The monoisotopic (exact) mass is 416 g/mol. The molecule has 0 bridgehead atoms. The molecule has 1 fully saturated rings. The molecule has 3 aromatic heterocycles. The van der Waals surface area contributed by atoms with Gasteiger partial charge in [-0.05, 0) is 38.0 Å². The highest BCUT2D eigenvalue weighted by Gasteiger charge is 2.48. The third kappa shape index (κ3) is 3.39. The Morgan fingerprint density at radius 3 is 2.77 bits per heavy atom. The lowest BCUT2D eigenvalue weighted by Gasteiger charge is -2.16. The number of hydrogen-bond donors (Lipinski definition) is 1. The summed E-state index contributed by atoms with van der Waals surface area (Å²) in [7, 11) is 0. The van der Waals surface area contributed by atoms with Crippen molar-refractivity contribution < 1.29 is 9.13 Å². The number of benzene rings is 1. The number of anilines is 1. The number of halogens is 1. The second-order valence-corrected chi connectivity index (χ2v) is 7.55. The second kappa shape index (κ2) is 7.46. The number of fused-ring (bicyclic) bond motifs is 1. The lowest BCUT2D eigenvalue weighted by Crippen LogP contribution is -2.14. The van der Waals surface area contributed by atoms with Gasteiger partial charge in [-0.15, -0.1) is 0 Å². The zero-order chi connectivity index (χ0) is 21.4. The number of nitrogens with zero attached hydrogens (tertiary/aromatic N) is 5. The van der Waals surface area contributed by atoms with Crippen LogP contribution in [0.5, 0.6) is 0 Å². The fourth-order valence-corrected chi connectivity index (χ4v) is 3.70.